The zero-order chi connectivity index (χ0) is 14.6. The summed E-state index contributed by atoms with van der Waals surface area (Å²) in [5.41, 5.74) is 1.54. The van der Waals surface area contributed by atoms with Crippen molar-refractivity contribution in [1.29, 1.82) is 0 Å². The van der Waals surface area contributed by atoms with Gasteiger partial charge in [-0.15, -0.1) is 5.10 Å². The number of aromatic nitrogens is 4. The third-order valence-electron chi connectivity index (χ3n) is 3.75. The molecule has 3 aromatic rings. The van der Waals surface area contributed by atoms with Gasteiger partial charge in [0.05, 0.1) is 0 Å². The van der Waals surface area contributed by atoms with Gasteiger partial charge in [0, 0.05) is 5.92 Å². The van der Waals surface area contributed by atoms with E-state index in [1.54, 1.807) is 6.07 Å². The lowest BCUT2D eigenvalue weighted by atomic mass is 10.1. The van der Waals surface area contributed by atoms with Crippen LogP contribution in [0.3, 0.4) is 0 Å². The highest BCUT2D eigenvalue weighted by Crippen LogP contribution is 2.38. The maximum absolute atomic E-state index is 12.3. The van der Waals surface area contributed by atoms with Crippen LogP contribution in [0.15, 0.2) is 29.1 Å². The highest BCUT2D eigenvalue weighted by molar-refractivity contribution is 5.69. The first-order valence-corrected chi connectivity index (χ1v) is 6.92. The van der Waals surface area contributed by atoms with Gasteiger partial charge in [0.1, 0.15) is 5.56 Å². The van der Waals surface area contributed by atoms with Crippen molar-refractivity contribution in [3.63, 3.8) is 0 Å². The van der Waals surface area contributed by atoms with Gasteiger partial charge in [-0.25, -0.2) is 0 Å². The number of aromatic amines is 1. The van der Waals surface area contributed by atoms with Crippen LogP contribution in [0.4, 0.5) is 0 Å². The van der Waals surface area contributed by atoms with Crippen molar-refractivity contribution in [1.82, 2.24) is 19.6 Å². The first kappa shape index (κ1) is 12.1. The van der Waals surface area contributed by atoms with Crippen LogP contribution in [0, 0.1) is 6.92 Å². The number of benzene rings is 1. The molecule has 1 saturated carbocycles. The smallest absolute Gasteiger partial charge is 0.264 e. The summed E-state index contributed by atoms with van der Waals surface area (Å²) in [6, 6.07) is 7.44. The van der Waals surface area contributed by atoms with Crippen LogP contribution in [-0.4, -0.2) is 24.7 Å². The maximum atomic E-state index is 12.3. The van der Waals surface area contributed by atoms with Crippen LogP contribution in [0.2, 0.25) is 0 Å². The number of nitrogens with zero attached hydrogens (tertiary/aromatic N) is 3. The molecule has 0 spiro atoms. The van der Waals surface area contributed by atoms with Crippen molar-refractivity contribution in [3.8, 4) is 17.0 Å². The lowest BCUT2D eigenvalue weighted by Crippen LogP contribution is -2.12. The van der Waals surface area contributed by atoms with Gasteiger partial charge in [0.25, 0.3) is 5.56 Å². The minimum absolute atomic E-state index is 0.168. The van der Waals surface area contributed by atoms with E-state index in [4.69, 9.17) is 0 Å². The number of hydrogen-bond donors (Lipinski definition) is 2. The minimum Gasteiger partial charge on any atom is -0.493 e. The van der Waals surface area contributed by atoms with Gasteiger partial charge in [-0.1, -0.05) is 29.8 Å². The molecule has 0 unspecified atom stereocenters. The number of aromatic hydroxyl groups is 1. The van der Waals surface area contributed by atoms with Crippen LogP contribution < -0.4 is 5.56 Å². The molecule has 0 atom stereocenters. The van der Waals surface area contributed by atoms with Crippen LogP contribution >= 0.6 is 0 Å². The first-order valence-electron chi connectivity index (χ1n) is 6.92. The maximum Gasteiger partial charge on any atom is 0.264 e. The van der Waals surface area contributed by atoms with Gasteiger partial charge in [-0.3, -0.25) is 9.78 Å². The number of aryl methyl sites for hydroxylation is 1. The molecule has 0 bridgehead atoms. The molecule has 1 fully saturated rings. The summed E-state index contributed by atoms with van der Waals surface area (Å²) >= 11 is 0. The molecule has 1 aliphatic rings. The Hall–Kier alpha value is -2.63. The fourth-order valence-corrected chi connectivity index (χ4v) is 2.50. The molecule has 4 rings (SSSR count). The molecule has 21 heavy (non-hydrogen) atoms. The van der Waals surface area contributed by atoms with Gasteiger partial charge >= 0.3 is 0 Å². The molecule has 0 aliphatic heterocycles. The van der Waals surface area contributed by atoms with E-state index in [2.05, 4.69) is 15.1 Å². The SMILES string of the molecule is Cc1cccc(-c2c(O)n3nc(C4CC4)nc3[nH]c2=O)c1. The summed E-state index contributed by atoms with van der Waals surface area (Å²) in [5, 5.41) is 14.7. The lowest BCUT2D eigenvalue weighted by molar-refractivity contribution is 0.436. The normalized spacial score (nSPS) is 14.7. The summed E-state index contributed by atoms with van der Waals surface area (Å²) in [6.07, 6.45) is 2.12. The van der Waals surface area contributed by atoms with E-state index in [1.165, 1.54) is 4.52 Å². The second kappa shape index (κ2) is 4.18. The first-order chi connectivity index (χ1) is 10.1. The van der Waals surface area contributed by atoms with Crippen LogP contribution in [0.1, 0.15) is 30.1 Å². The molecule has 0 saturated heterocycles. The number of H-pyrrole nitrogens is 1. The van der Waals surface area contributed by atoms with Gasteiger partial charge < -0.3 is 5.11 Å². The van der Waals surface area contributed by atoms with E-state index in [9.17, 15) is 9.90 Å². The molecule has 0 amide bonds. The molecule has 1 aromatic carbocycles. The van der Waals surface area contributed by atoms with Gasteiger partial charge in [-0.05, 0) is 25.3 Å². The Kier molecular flexibility index (Phi) is 2.42. The Morgan fingerprint density at radius 3 is 2.90 bits per heavy atom. The van der Waals surface area contributed by atoms with Gasteiger partial charge in [-0.2, -0.15) is 9.50 Å². The number of nitrogens with one attached hydrogen (secondary N) is 1. The highest BCUT2D eigenvalue weighted by atomic mass is 16.3. The van der Waals surface area contributed by atoms with E-state index in [-0.39, 0.29) is 22.8 Å². The minimum atomic E-state index is -0.361. The predicted octanol–water partition coefficient (Wildman–Crippen LogP) is 1.98. The van der Waals surface area contributed by atoms with Crippen molar-refractivity contribution in [2.24, 2.45) is 0 Å². The molecule has 6 nitrogen and oxygen atoms in total. The topological polar surface area (TPSA) is 83.3 Å². The fourth-order valence-electron chi connectivity index (χ4n) is 2.50. The second-order valence-corrected chi connectivity index (χ2v) is 5.50. The summed E-state index contributed by atoms with van der Waals surface area (Å²) in [6.45, 7) is 1.94. The van der Waals surface area contributed by atoms with E-state index in [1.807, 2.05) is 25.1 Å². The zero-order valence-corrected chi connectivity index (χ0v) is 11.5. The molecule has 2 heterocycles. The molecule has 2 N–H and O–H groups in total. The average Bonchev–Trinajstić information content (AvgIpc) is 3.20. The Morgan fingerprint density at radius 2 is 2.19 bits per heavy atom. The van der Waals surface area contributed by atoms with Gasteiger partial charge in [0.2, 0.25) is 11.7 Å². The summed E-state index contributed by atoms with van der Waals surface area (Å²) in [7, 11) is 0. The lowest BCUT2D eigenvalue weighted by Gasteiger charge is -2.05. The molecule has 0 radical (unpaired) electrons. The summed E-state index contributed by atoms with van der Waals surface area (Å²) < 4.78 is 1.31. The Bertz CT molecular complexity index is 906. The highest BCUT2D eigenvalue weighted by Gasteiger charge is 2.29. The zero-order valence-electron chi connectivity index (χ0n) is 11.5. The van der Waals surface area contributed by atoms with Gasteiger partial charge in [0.15, 0.2) is 5.82 Å². The third-order valence-corrected chi connectivity index (χ3v) is 3.75. The predicted molar refractivity (Wildman–Crippen MR) is 77.4 cm³/mol. The van der Waals surface area contributed by atoms with Crippen molar-refractivity contribution < 1.29 is 5.11 Å². The quantitative estimate of drug-likeness (QED) is 0.752. The number of rotatable bonds is 2. The summed E-state index contributed by atoms with van der Waals surface area (Å²) in [5.74, 6) is 1.16. The van der Waals surface area contributed by atoms with E-state index in [0.29, 0.717) is 17.3 Å². The molecule has 1 aliphatic carbocycles. The Labute approximate surface area is 120 Å². The van der Waals surface area contributed by atoms with E-state index >= 15 is 0 Å². The monoisotopic (exact) mass is 282 g/mol. The van der Waals surface area contributed by atoms with E-state index in [0.717, 1.165) is 18.4 Å². The molecular formula is C15H14N4O2. The largest absolute Gasteiger partial charge is 0.493 e. The van der Waals surface area contributed by atoms with Crippen LogP contribution in [0.25, 0.3) is 16.9 Å². The Balaban J connectivity index is 1.98. The molecule has 6 heteroatoms. The van der Waals surface area contributed by atoms with E-state index < -0.39 is 0 Å². The summed E-state index contributed by atoms with van der Waals surface area (Å²) in [4.78, 5) is 19.2. The van der Waals surface area contributed by atoms with Crippen molar-refractivity contribution in [2.75, 3.05) is 0 Å². The molecular weight excluding hydrogens is 268 g/mol. The Morgan fingerprint density at radius 1 is 1.38 bits per heavy atom. The van der Waals surface area contributed by atoms with Crippen molar-refractivity contribution >= 4 is 5.78 Å². The fraction of sp³-hybridized carbons (Fsp3) is 0.267. The number of fused-ring (bicyclic) bond motifs is 1. The van der Waals surface area contributed by atoms with Crippen LogP contribution in [0.5, 0.6) is 5.88 Å². The standard InChI is InChI=1S/C15H14N4O2/c1-8-3-2-4-10(7-8)11-13(20)17-15-16-12(9-5-6-9)18-19(15)14(11)21/h2-4,7,9,21H,5-6H2,1H3,(H,16,17,18,20). The van der Waals surface area contributed by atoms with Crippen molar-refractivity contribution in [2.45, 2.75) is 25.7 Å². The van der Waals surface area contributed by atoms with Crippen LogP contribution in [-0.2, 0) is 0 Å². The molecule has 106 valence electrons. The van der Waals surface area contributed by atoms with Crippen molar-refractivity contribution in [3.05, 3.63) is 46.0 Å². The number of hydrogen-bond acceptors (Lipinski definition) is 4. The average molecular weight is 282 g/mol. The second-order valence-electron chi connectivity index (χ2n) is 5.50. The third kappa shape index (κ3) is 1.91. The molecule has 2 aromatic heterocycles.